The molecule has 0 aliphatic heterocycles. The molecule has 0 radical (unpaired) electrons. The van der Waals surface area contributed by atoms with E-state index in [1.54, 1.807) is 20.1 Å². The lowest BCUT2D eigenvalue weighted by Gasteiger charge is -2.22. The summed E-state index contributed by atoms with van der Waals surface area (Å²) in [6.07, 6.45) is 4.67. The van der Waals surface area contributed by atoms with Crippen molar-refractivity contribution in [1.29, 1.82) is 0 Å². The van der Waals surface area contributed by atoms with Crippen molar-refractivity contribution in [3.05, 3.63) is 35.9 Å². The minimum atomic E-state index is -0.858. The van der Waals surface area contributed by atoms with Gasteiger partial charge in [0.2, 0.25) is 5.91 Å². The highest BCUT2D eigenvalue weighted by atomic mass is 16.5. The Labute approximate surface area is 120 Å². The van der Waals surface area contributed by atoms with Crippen molar-refractivity contribution in [3.8, 4) is 5.75 Å². The number of hydrogen-bond donors (Lipinski definition) is 2. The van der Waals surface area contributed by atoms with E-state index in [4.69, 9.17) is 4.74 Å². The number of benzene rings is 1. The van der Waals surface area contributed by atoms with Gasteiger partial charge in [-0.3, -0.25) is 4.79 Å². The first-order chi connectivity index (χ1) is 9.48. The Hall–Kier alpha value is -1.81. The average molecular weight is 277 g/mol. The molecule has 4 heteroatoms. The molecule has 1 unspecified atom stereocenters. The van der Waals surface area contributed by atoms with Crippen LogP contribution in [-0.2, 0) is 4.79 Å². The predicted molar refractivity (Wildman–Crippen MR) is 80.6 cm³/mol. The van der Waals surface area contributed by atoms with Crippen molar-refractivity contribution in [3.63, 3.8) is 0 Å². The van der Waals surface area contributed by atoms with Crippen LogP contribution in [0.3, 0.4) is 0 Å². The zero-order valence-electron chi connectivity index (χ0n) is 12.3. The van der Waals surface area contributed by atoms with E-state index in [-0.39, 0.29) is 12.5 Å². The SMILES string of the molecule is CCCC(C)(O)CNC(=O)/C=C/c1ccccc1OC. The highest BCUT2D eigenvalue weighted by molar-refractivity contribution is 5.92. The molecular weight excluding hydrogens is 254 g/mol. The van der Waals surface area contributed by atoms with E-state index in [1.165, 1.54) is 6.08 Å². The van der Waals surface area contributed by atoms with Gasteiger partial charge in [-0.15, -0.1) is 0 Å². The molecule has 0 saturated carbocycles. The molecule has 0 aromatic heterocycles. The molecule has 0 spiro atoms. The van der Waals surface area contributed by atoms with E-state index in [9.17, 15) is 9.90 Å². The van der Waals surface area contributed by atoms with Gasteiger partial charge in [0, 0.05) is 18.2 Å². The molecule has 0 fully saturated rings. The predicted octanol–water partition coefficient (Wildman–Crippen LogP) is 2.38. The van der Waals surface area contributed by atoms with Gasteiger partial charge in [0.05, 0.1) is 12.7 Å². The van der Waals surface area contributed by atoms with Crippen LogP contribution in [0.15, 0.2) is 30.3 Å². The number of hydrogen-bond acceptors (Lipinski definition) is 3. The fourth-order valence-electron chi connectivity index (χ4n) is 1.93. The van der Waals surface area contributed by atoms with E-state index in [2.05, 4.69) is 5.32 Å². The number of carbonyl (C=O) groups excluding carboxylic acids is 1. The van der Waals surface area contributed by atoms with Gasteiger partial charge in [0.25, 0.3) is 0 Å². The summed E-state index contributed by atoms with van der Waals surface area (Å²) >= 11 is 0. The van der Waals surface area contributed by atoms with Crippen molar-refractivity contribution < 1.29 is 14.6 Å². The fraction of sp³-hybridized carbons (Fsp3) is 0.438. The van der Waals surface area contributed by atoms with Crippen LogP contribution in [-0.4, -0.2) is 30.3 Å². The van der Waals surface area contributed by atoms with Crippen LogP contribution in [0.25, 0.3) is 6.08 Å². The van der Waals surface area contributed by atoms with Gasteiger partial charge in [-0.05, 0) is 25.5 Å². The standard InChI is InChI=1S/C16H23NO3/c1-4-11-16(2,19)12-17-15(18)10-9-13-7-5-6-8-14(13)20-3/h5-10,19H,4,11-12H2,1-3H3,(H,17,18)/b10-9+. The van der Waals surface area contributed by atoms with Crippen LogP contribution in [0.1, 0.15) is 32.3 Å². The number of carbonyl (C=O) groups is 1. The quantitative estimate of drug-likeness (QED) is 0.752. The van der Waals surface area contributed by atoms with Gasteiger partial charge in [-0.1, -0.05) is 31.5 Å². The molecule has 0 aliphatic carbocycles. The number of amides is 1. The van der Waals surface area contributed by atoms with Crippen LogP contribution >= 0.6 is 0 Å². The van der Waals surface area contributed by atoms with E-state index >= 15 is 0 Å². The van der Waals surface area contributed by atoms with Gasteiger partial charge in [0.1, 0.15) is 5.75 Å². The summed E-state index contributed by atoms with van der Waals surface area (Å²) in [6, 6.07) is 7.46. The third kappa shape index (κ3) is 5.45. The summed E-state index contributed by atoms with van der Waals surface area (Å²) < 4.78 is 5.20. The molecule has 2 N–H and O–H groups in total. The number of aliphatic hydroxyl groups is 1. The van der Waals surface area contributed by atoms with Crippen LogP contribution in [0.5, 0.6) is 5.75 Å². The maximum Gasteiger partial charge on any atom is 0.244 e. The monoisotopic (exact) mass is 277 g/mol. The van der Waals surface area contributed by atoms with Crippen molar-refractivity contribution in [2.75, 3.05) is 13.7 Å². The zero-order chi connectivity index (χ0) is 15.0. The maximum atomic E-state index is 11.7. The normalized spacial score (nSPS) is 14.0. The fourth-order valence-corrected chi connectivity index (χ4v) is 1.93. The molecule has 4 nitrogen and oxygen atoms in total. The number of methoxy groups -OCH3 is 1. The lowest BCUT2D eigenvalue weighted by atomic mass is 10.0. The van der Waals surface area contributed by atoms with Gasteiger partial charge >= 0.3 is 0 Å². The Balaban J connectivity index is 2.56. The second-order valence-corrected chi connectivity index (χ2v) is 5.04. The first-order valence-corrected chi connectivity index (χ1v) is 6.80. The average Bonchev–Trinajstić information content (AvgIpc) is 2.43. The maximum absolute atomic E-state index is 11.7. The third-order valence-electron chi connectivity index (χ3n) is 2.99. The number of rotatable bonds is 7. The van der Waals surface area contributed by atoms with Crippen molar-refractivity contribution in [1.82, 2.24) is 5.32 Å². The molecule has 110 valence electrons. The first kappa shape index (κ1) is 16.2. The second-order valence-electron chi connectivity index (χ2n) is 5.04. The van der Waals surface area contributed by atoms with Gasteiger partial charge in [-0.25, -0.2) is 0 Å². The van der Waals surface area contributed by atoms with Crippen LogP contribution < -0.4 is 10.1 Å². The zero-order valence-corrected chi connectivity index (χ0v) is 12.3. The summed E-state index contributed by atoms with van der Waals surface area (Å²) in [7, 11) is 1.59. The number of ether oxygens (including phenoxy) is 1. The van der Waals surface area contributed by atoms with Crippen molar-refractivity contribution in [2.45, 2.75) is 32.3 Å². The summed E-state index contributed by atoms with van der Waals surface area (Å²) in [5.41, 5.74) is -0.0200. The Kier molecular flexibility index (Phi) is 6.25. The number of para-hydroxylation sites is 1. The molecule has 1 atom stereocenters. The molecule has 1 aromatic carbocycles. The Morgan fingerprint density at radius 2 is 2.15 bits per heavy atom. The molecule has 1 aromatic rings. The van der Waals surface area contributed by atoms with Gasteiger partial charge in [0.15, 0.2) is 0 Å². The van der Waals surface area contributed by atoms with Gasteiger partial charge in [-0.2, -0.15) is 0 Å². The molecule has 1 amide bonds. The summed E-state index contributed by atoms with van der Waals surface area (Å²) in [6.45, 7) is 3.97. The minimum absolute atomic E-state index is 0.229. The van der Waals surface area contributed by atoms with E-state index < -0.39 is 5.60 Å². The van der Waals surface area contributed by atoms with Crippen LogP contribution in [0.2, 0.25) is 0 Å². The number of nitrogens with one attached hydrogen (secondary N) is 1. The third-order valence-corrected chi connectivity index (χ3v) is 2.99. The summed E-state index contributed by atoms with van der Waals surface area (Å²) in [4.78, 5) is 11.7. The molecule has 0 bridgehead atoms. The summed E-state index contributed by atoms with van der Waals surface area (Å²) in [5, 5.41) is 12.7. The first-order valence-electron chi connectivity index (χ1n) is 6.80. The lowest BCUT2D eigenvalue weighted by Crippen LogP contribution is -2.39. The van der Waals surface area contributed by atoms with E-state index in [1.807, 2.05) is 31.2 Å². The van der Waals surface area contributed by atoms with Gasteiger partial charge < -0.3 is 15.2 Å². The molecule has 0 aliphatic rings. The lowest BCUT2D eigenvalue weighted by molar-refractivity contribution is -0.117. The molecule has 20 heavy (non-hydrogen) atoms. The Morgan fingerprint density at radius 3 is 2.80 bits per heavy atom. The second kappa shape index (κ2) is 7.70. The Bertz CT molecular complexity index is 467. The minimum Gasteiger partial charge on any atom is -0.496 e. The summed E-state index contributed by atoms with van der Waals surface area (Å²) in [5.74, 6) is 0.488. The van der Waals surface area contributed by atoms with Crippen molar-refractivity contribution >= 4 is 12.0 Å². The molecule has 0 heterocycles. The highest BCUT2D eigenvalue weighted by Crippen LogP contribution is 2.18. The van der Waals surface area contributed by atoms with Crippen LogP contribution in [0, 0.1) is 0 Å². The largest absolute Gasteiger partial charge is 0.496 e. The van der Waals surface area contributed by atoms with E-state index in [0.29, 0.717) is 6.42 Å². The van der Waals surface area contributed by atoms with Crippen molar-refractivity contribution in [2.24, 2.45) is 0 Å². The highest BCUT2D eigenvalue weighted by Gasteiger charge is 2.19. The molecule has 1 rings (SSSR count). The molecule has 0 saturated heterocycles. The Morgan fingerprint density at radius 1 is 1.45 bits per heavy atom. The topological polar surface area (TPSA) is 58.6 Å². The van der Waals surface area contributed by atoms with E-state index in [0.717, 1.165) is 17.7 Å². The smallest absolute Gasteiger partial charge is 0.244 e. The van der Waals surface area contributed by atoms with Crippen LogP contribution in [0.4, 0.5) is 0 Å². The molecular formula is C16H23NO3.